The van der Waals surface area contributed by atoms with Gasteiger partial charge < -0.3 is 4.18 Å². The second-order valence-electron chi connectivity index (χ2n) is 4.31. The summed E-state index contributed by atoms with van der Waals surface area (Å²) in [4.78, 5) is 19.3. The van der Waals surface area contributed by atoms with Crippen molar-refractivity contribution >= 4 is 37.4 Å². The van der Waals surface area contributed by atoms with E-state index in [4.69, 9.17) is 0 Å². The van der Waals surface area contributed by atoms with Crippen molar-refractivity contribution in [3.8, 4) is 5.75 Å². The molecule has 0 amide bonds. The molecule has 0 aliphatic rings. The average molecular weight is 421 g/mol. The highest BCUT2D eigenvalue weighted by Crippen LogP contribution is 2.32. The molecule has 126 valence electrons. The normalized spacial score (nSPS) is 11.1. The van der Waals surface area contributed by atoms with Crippen molar-refractivity contribution in [2.75, 3.05) is 0 Å². The Hall–Kier alpha value is -2.60. The van der Waals surface area contributed by atoms with Crippen LogP contribution in [0, 0.1) is 26.0 Å². The summed E-state index contributed by atoms with van der Waals surface area (Å²) in [6.45, 7) is 0. The molecule has 0 unspecified atom stereocenters. The molecule has 12 heteroatoms. The van der Waals surface area contributed by atoms with Gasteiger partial charge in [0.15, 0.2) is 0 Å². The predicted octanol–water partition coefficient (Wildman–Crippen LogP) is 3.17. The van der Waals surface area contributed by atoms with Crippen LogP contribution in [0.3, 0.4) is 0 Å². The van der Waals surface area contributed by atoms with Crippen LogP contribution in [0.5, 0.6) is 5.75 Å². The third-order valence-corrected chi connectivity index (χ3v) is 4.34. The van der Waals surface area contributed by atoms with Crippen LogP contribution in [0.25, 0.3) is 0 Å². The SMILES string of the molecule is O=[N+]([O-])c1cc(Br)cc(S(=O)(=O)Oc2cc(F)ccc2[N+](=O)[O-])c1. The first kappa shape index (κ1) is 17.7. The second kappa shape index (κ2) is 6.49. The van der Waals surface area contributed by atoms with Crippen molar-refractivity contribution in [1.82, 2.24) is 0 Å². The largest absolute Gasteiger partial charge is 0.371 e. The minimum Gasteiger partial charge on any atom is -0.371 e. The fourth-order valence-corrected chi connectivity index (χ4v) is 3.30. The Morgan fingerprint density at radius 1 is 1.04 bits per heavy atom. The zero-order valence-electron chi connectivity index (χ0n) is 11.4. The van der Waals surface area contributed by atoms with E-state index in [0.717, 1.165) is 24.3 Å². The molecule has 0 radical (unpaired) electrons. The van der Waals surface area contributed by atoms with Crippen LogP contribution in [-0.2, 0) is 10.1 Å². The van der Waals surface area contributed by atoms with Crippen molar-refractivity contribution in [2.24, 2.45) is 0 Å². The first-order valence-corrected chi connectivity index (χ1v) is 8.14. The molecule has 24 heavy (non-hydrogen) atoms. The molecule has 0 atom stereocenters. The Kier molecular flexibility index (Phi) is 4.80. The smallest absolute Gasteiger partial charge is 0.339 e. The van der Waals surface area contributed by atoms with Gasteiger partial charge in [-0.1, -0.05) is 15.9 Å². The monoisotopic (exact) mass is 420 g/mol. The first-order chi connectivity index (χ1) is 11.1. The molecule has 0 heterocycles. The van der Waals surface area contributed by atoms with Gasteiger partial charge in [0, 0.05) is 28.7 Å². The van der Waals surface area contributed by atoms with E-state index in [1.807, 2.05) is 0 Å². The lowest BCUT2D eigenvalue weighted by Crippen LogP contribution is -2.11. The van der Waals surface area contributed by atoms with Gasteiger partial charge in [0.05, 0.1) is 9.85 Å². The Labute approximate surface area is 142 Å². The van der Waals surface area contributed by atoms with Crippen LogP contribution in [-0.4, -0.2) is 18.3 Å². The van der Waals surface area contributed by atoms with Gasteiger partial charge in [0.1, 0.15) is 10.7 Å². The maximum atomic E-state index is 13.2. The number of nitro groups is 2. The maximum Gasteiger partial charge on any atom is 0.339 e. The Balaban J connectivity index is 2.52. The fraction of sp³-hybridized carbons (Fsp3) is 0. The van der Waals surface area contributed by atoms with Gasteiger partial charge in [-0.25, -0.2) is 4.39 Å². The first-order valence-electron chi connectivity index (χ1n) is 5.93. The van der Waals surface area contributed by atoms with E-state index in [9.17, 15) is 33.0 Å². The Morgan fingerprint density at radius 3 is 2.29 bits per heavy atom. The molecule has 0 fully saturated rings. The zero-order chi connectivity index (χ0) is 18.1. The van der Waals surface area contributed by atoms with Gasteiger partial charge >= 0.3 is 15.8 Å². The van der Waals surface area contributed by atoms with E-state index in [1.54, 1.807) is 0 Å². The average Bonchev–Trinajstić information content (AvgIpc) is 2.45. The number of non-ortho nitro benzene ring substituents is 1. The molecule has 0 saturated carbocycles. The molecular formula is C12H6BrFN2O7S. The molecule has 0 aliphatic heterocycles. The number of hydrogen-bond acceptors (Lipinski definition) is 7. The third-order valence-electron chi connectivity index (χ3n) is 2.67. The van der Waals surface area contributed by atoms with E-state index in [0.29, 0.717) is 12.1 Å². The summed E-state index contributed by atoms with van der Waals surface area (Å²) in [6.07, 6.45) is 0. The molecular weight excluding hydrogens is 415 g/mol. The number of nitrogens with zero attached hydrogens (tertiary/aromatic N) is 2. The minimum absolute atomic E-state index is 0.0765. The summed E-state index contributed by atoms with van der Waals surface area (Å²) in [7, 11) is -4.67. The highest BCUT2D eigenvalue weighted by atomic mass is 79.9. The van der Waals surface area contributed by atoms with Crippen LogP contribution in [0.15, 0.2) is 45.8 Å². The lowest BCUT2D eigenvalue weighted by molar-refractivity contribution is -0.385. The van der Waals surface area contributed by atoms with Gasteiger partial charge in [-0.3, -0.25) is 20.2 Å². The molecule has 9 nitrogen and oxygen atoms in total. The molecule has 0 saturated heterocycles. The van der Waals surface area contributed by atoms with Gasteiger partial charge in [0.25, 0.3) is 5.69 Å². The number of benzene rings is 2. The molecule has 0 bridgehead atoms. The van der Waals surface area contributed by atoms with Crippen molar-refractivity contribution in [2.45, 2.75) is 4.90 Å². The van der Waals surface area contributed by atoms with Crippen LogP contribution in [0.1, 0.15) is 0 Å². The summed E-state index contributed by atoms with van der Waals surface area (Å²) in [5.41, 5.74) is -1.32. The van der Waals surface area contributed by atoms with E-state index in [1.165, 1.54) is 0 Å². The van der Waals surface area contributed by atoms with Crippen molar-refractivity contribution in [3.05, 3.63) is 66.9 Å². The number of hydrogen-bond donors (Lipinski definition) is 0. The topological polar surface area (TPSA) is 130 Å². The maximum absolute atomic E-state index is 13.2. The van der Waals surface area contributed by atoms with Crippen molar-refractivity contribution in [3.63, 3.8) is 0 Å². The highest BCUT2D eigenvalue weighted by molar-refractivity contribution is 9.10. The zero-order valence-corrected chi connectivity index (χ0v) is 13.8. The van der Waals surface area contributed by atoms with Gasteiger partial charge in [-0.05, 0) is 12.1 Å². The molecule has 2 aromatic rings. The Morgan fingerprint density at radius 2 is 1.71 bits per heavy atom. The predicted molar refractivity (Wildman–Crippen MR) is 81.7 cm³/mol. The molecule has 2 rings (SSSR count). The van der Waals surface area contributed by atoms with Crippen LogP contribution in [0.4, 0.5) is 15.8 Å². The number of rotatable bonds is 5. The van der Waals surface area contributed by atoms with E-state index in [-0.39, 0.29) is 4.47 Å². The second-order valence-corrected chi connectivity index (χ2v) is 6.77. The fourth-order valence-electron chi connectivity index (χ4n) is 1.67. The molecule has 0 spiro atoms. The van der Waals surface area contributed by atoms with E-state index >= 15 is 0 Å². The van der Waals surface area contributed by atoms with Crippen molar-refractivity contribution < 1.29 is 26.8 Å². The molecule has 0 N–H and O–H groups in total. The van der Waals surface area contributed by atoms with Crippen LogP contribution < -0.4 is 4.18 Å². The quantitative estimate of drug-likeness (QED) is 0.412. The third kappa shape index (κ3) is 3.83. The number of halogens is 2. The molecule has 0 aliphatic carbocycles. The van der Waals surface area contributed by atoms with E-state index in [2.05, 4.69) is 20.1 Å². The lowest BCUT2D eigenvalue weighted by Gasteiger charge is -2.08. The minimum atomic E-state index is -4.67. The van der Waals surface area contributed by atoms with E-state index < -0.39 is 47.8 Å². The summed E-state index contributed by atoms with van der Waals surface area (Å²) in [6, 6.07) is 4.82. The summed E-state index contributed by atoms with van der Waals surface area (Å²) >= 11 is 2.92. The standard InChI is InChI=1S/C12H6BrFN2O7S/c13-7-3-9(15(17)18)6-10(4-7)24(21,22)23-12-5-8(14)1-2-11(12)16(19)20/h1-6H. The van der Waals surface area contributed by atoms with Crippen LogP contribution in [0.2, 0.25) is 0 Å². The summed E-state index contributed by atoms with van der Waals surface area (Å²) in [5, 5.41) is 21.7. The summed E-state index contributed by atoms with van der Waals surface area (Å²) < 4.78 is 42.3. The van der Waals surface area contributed by atoms with Crippen molar-refractivity contribution in [1.29, 1.82) is 0 Å². The Bertz CT molecular complexity index is 948. The van der Waals surface area contributed by atoms with Crippen LogP contribution >= 0.6 is 15.9 Å². The molecule has 2 aromatic carbocycles. The molecule has 0 aromatic heterocycles. The summed E-state index contributed by atoms with van der Waals surface area (Å²) in [5.74, 6) is -1.80. The van der Waals surface area contributed by atoms with Gasteiger partial charge in [0.2, 0.25) is 5.75 Å². The van der Waals surface area contributed by atoms with Gasteiger partial charge in [-0.15, -0.1) is 0 Å². The highest BCUT2D eigenvalue weighted by Gasteiger charge is 2.26. The number of nitro benzene ring substituents is 2. The van der Waals surface area contributed by atoms with Gasteiger partial charge in [-0.2, -0.15) is 8.42 Å². The lowest BCUT2D eigenvalue weighted by atomic mass is 10.3.